The zero-order valence-electron chi connectivity index (χ0n) is 27.6. The van der Waals surface area contributed by atoms with Crippen LogP contribution in [0, 0.1) is 13.8 Å². The Kier molecular flexibility index (Phi) is 11.8. The number of para-hydroxylation sites is 2. The molecule has 1 aromatic heterocycles. The van der Waals surface area contributed by atoms with E-state index < -0.39 is 0 Å². The van der Waals surface area contributed by atoms with Crippen LogP contribution in [0.3, 0.4) is 0 Å². The summed E-state index contributed by atoms with van der Waals surface area (Å²) >= 11 is 0. The molecule has 3 heteroatoms. The van der Waals surface area contributed by atoms with E-state index in [4.69, 9.17) is 0 Å². The Morgan fingerprint density at radius 2 is 1.35 bits per heavy atom. The van der Waals surface area contributed by atoms with Crippen molar-refractivity contribution < 1.29 is 9.36 Å². The third kappa shape index (κ3) is 7.78. The van der Waals surface area contributed by atoms with Crippen molar-refractivity contribution in [2.45, 2.75) is 80.7 Å². The summed E-state index contributed by atoms with van der Waals surface area (Å²) in [5.41, 5.74) is 10.8. The third-order valence-electron chi connectivity index (χ3n) is 7.68. The van der Waals surface area contributed by atoms with Gasteiger partial charge in [0.05, 0.1) is 0 Å². The van der Waals surface area contributed by atoms with Crippen LogP contribution in [0.4, 0.5) is 11.4 Å². The number of Topliss-reactive ketones (excluding diaryl/α,β-unsaturated/α-hetero) is 1. The molecular weight excluding hydrogens is 524 g/mol. The van der Waals surface area contributed by atoms with E-state index in [0.717, 1.165) is 12.1 Å². The minimum Gasteiger partial charge on any atom is -0.313 e. The lowest BCUT2D eigenvalue weighted by Crippen LogP contribution is -2.40. The molecule has 0 amide bonds. The number of allylic oxidation sites excluding steroid dienone is 3. The van der Waals surface area contributed by atoms with Gasteiger partial charge in [-0.15, -0.1) is 0 Å². The molecule has 0 saturated heterocycles. The Labute approximate surface area is 260 Å². The number of aryl methyl sites for hydroxylation is 2. The second kappa shape index (κ2) is 15.3. The van der Waals surface area contributed by atoms with Crippen LogP contribution in [0.1, 0.15) is 82.1 Å². The molecule has 0 fully saturated rings. The van der Waals surface area contributed by atoms with E-state index in [1.807, 2.05) is 27.7 Å². The summed E-state index contributed by atoms with van der Waals surface area (Å²) in [6.45, 7) is 19.4. The fourth-order valence-corrected chi connectivity index (χ4v) is 5.67. The summed E-state index contributed by atoms with van der Waals surface area (Å²) in [4.78, 5) is 13.8. The highest BCUT2D eigenvalue weighted by Crippen LogP contribution is 2.50. The van der Waals surface area contributed by atoms with E-state index in [0.29, 0.717) is 6.42 Å². The summed E-state index contributed by atoms with van der Waals surface area (Å²) in [7, 11) is 0. The molecule has 3 aromatic carbocycles. The van der Waals surface area contributed by atoms with Gasteiger partial charge in [-0.3, -0.25) is 4.79 Å². The molecule has 1 aliphatic heterocycles. The van der Waals surface area contributed by atoms with Gasteiger partial charge in [-0.2, -0.15) is 4.57 Å². The van der Waals surface area contributed by atoms with Crippen molar-refractivity contribution in [3.8, 4) is 0 Å². The SMILES string of the molecule is CC.CC.CC(=O)Cc1ccc(C[n+]2c(C)cc(C=CC=C3N(c4ccccc4)c4ccccc4C3(C)C)cc2C)cc1. The molecule has 0 bridgehead atoms. The lowest BCUT2D eigenvalue weighted by Gasteiger charge is -2.27. The average Bonchev–Trinajstić information content (AvgIpc) is 3.24. The largest absolute Gasteiger partial charge is 0.313 e. The maximum absolute atomic E-state index is 11.4. The fraction of sp³-hybridized carbons (Fsp3) is 0.300. The molecule has 0 unspecified atom stereocenters. The van der Waals surface area contributed by atoms with E-state index in [2.05, 4.69) is 146 Å². The maximum Gasteiger partial charge on any atom is 0.179 e. The van der Waals surface area contributed by atoms with Gasteiger partial charge in [0.25, 0.3) is 0 Å². The Balaban J connectivity index is 0.00000121. The number of fused-ring (bicyclic) bond motifs is 1. The summed E-state index contributed by atoms with van der Waals surface area (Å²) in [6.07, 6.45) is 7.15. The van der Waals surface area contributed by atoms with Crippen LogP contribution in [-0.2, 0) is 23.2 Å². The zero-order valence-corrected chi connectivity index (χ0v) is 27.6. The average molecular weight is 574 g/mol. The number of pyridine rings is 1. The zero-order chi connectivity index (χ0) is 31.6. The van der Waals surface area contributed by atoms with Gasteiger partial charge in [0.2, 0.25) is 0 Å². The number of aromatic nitrogens is 1. The van der Waals surface area contributed by atoms with E-state index in [1.54, 1.807) is 6.92 Å². The molecule has 3 nitrogen and oxygen atoms in total. The smallest absolute Gasteiger partial charge is 0.179 e. The molecule has 43 heavy (non-hydrogen) atoms. The van der Waals surface area contributed by atoms with Crippen molar-refractivity contribution in [3.05, 3.63) is 142 Å². The number of rotatable bonds is 7. The Hall–Kier alpha value is -4.24. The number of anilines is 2. The molecule has 4 aromatic rings. The fourth-order valence-electron chi connectivity index (χ4n) is 5.67. The van der Waals surface area contributed by atoms with Gasteiger partial charge >= 0.3 is 0 Å². The highest BCUT2D eigenvalue weighted by molar-refractivity contribution is 5.80. The molecule has 0 saturated carbocycles. The van der Waals surface area contributed by atoms with E-state index in [1.165, 1.54) is 45.2 Å². The van der Waals surface area contributed by atoms with Crippen molar-refractivity contribution in [3.63, 3.8) is 0 Å². The number of hydrogen-bond acceptors (Lipinski definition) is 2. The van der Waals surface area contributed by atoms with Gasteiger partial charge in [-0.05, 0) is 47.9 Å². The normalized spacial score (nSPS) is 14.1. The van der Waals surface area contributed by atoms with Crippen LogP contribution in [-0.4, -0.2) is 5.78 Å². The molecule has 0 radical (unpaired) electrons. The molecule has 224 valence electrons. The highest BCUT2D eigenvalue weighted by Gasteiger charge is 2.40. The summed E-state index contributed by atoms with van der Waals surface area (Å²) in [5.74, 6) is 0.192. The lowest BCUT2D eigenvalue weighted by molar-refractivity contribution is -0.700. The lowest BCUT2D eigenvalue weighted by atomic mass is 9.83. The van der Waals surface area contributed by atoms with Crippen LogP contribution in [0.25, 0.3) is 6.08 Å². The van der Waals surface area contributed by atoms with Crippen LogP contribution < -0.4 is 9.47 Å². The first-order chi connectivity index (χ1) is 20.7. The Bertz CT molecular complexity index is 1540. The van der Waals surface area contributed by atoms with Gasteiger partial charge < -0.3 is 4.90 Å². The molecule has 0 atom stereocenters. The number of benzene rings is 3. The molecule has 0 aliphatic carbocycles. The second-order valence-electron chi connectivity index (χ2n) is 11.1. The topological polar surface area (TPSA) is 24.2 Å². The molecule has 2 heterocycles. The Morgan fingerprint density at radius 3 is 1.95 bits per heavy atom. The van der Waals surface area contributed by atoms with Crippen molar-refractivity contribution in [2.75, 3.05) is 4.90 Å². The monoisotopic (exact) mass is 573 g/mol. The molecule has 0 spiro atoms. The summed E-state index contributed by atoms with van der Waals surface area (Å²) < 4.78 is 2.34. The van der Waals surface area contributed by atoms with Crippen LogP contribution in [0.2, 0.25) is 0 Å². The Morgan fingerprint density at radius 1 is 0.791 bits per heavy atom. The van der Waals surface area contributed by atoms with E-state index in [-0.39, 0.29) is 11.2 Å². The van der Waals surface area contributed by atoms with Crippen molar-refractivity contribution in [2.24, 2.45) is 0 Å². The first-order valence-corrected chi connectivity index (χ1v) is 15.7. The minimum absolute atomic E-state index is 0.109. The van der Waals surface area contributed by atoms with Crippen molar-refractivity contribution >= 4 is 23.2 Å². The van der Waals surface area contributed by atoms with Crippen molar-refractivity contribution in [1.82, 2.24) is 0 Å². The molecule has 0 N–H and O–H groups in total. The number of carbonyl (C=O) groups excluding carboxylic acids is 1. The maximum atomic E-state index is 11.4. The van der Waals surface area contributed by atoms with E-state index >= 15 is 0 Å². The molecule has 5 rings (SSSR count). The first-order valence-electron chi connectivity index (χ1n) is 15.7. The van der Waals surface area contributed by atoms with E-state index in [9.17, 15) is 4.79 Å². The standard InChI is InChI=1S/C36H37N2O.2C2H6/c1-26-22-31(23-27(2)37(26)25-30-20-18-29(19-21-30)24-28(3)39)12-11-17-35-36(4,5)33-15-9-10-16-34(33)38(35)32-13-7-6-8-14-32;2*1-2/h6-23H,24-25H2,1-5H3;2*1-2H3/q+1;;. The third-order valence-corrected chi connectivity index (χ3v) is 7.68. The molecule has 1 aliphatic rings. The predicted octanol–water partition coefficient (Wildman–Crippen LogP) is 9.85. The number of hydrogen-bond donors (Lipinski definition) is 0. The highest BCUT2D eigenvalue weighted by atomic mass is 16.1. The second-order valence-corrected chi connectivity index (χ2v) is 11.1. The van der Waals surface area contributed by atoms with Gasteiger partial charge in [0.15, 0.2) is 17.9 Å². The van der Waals surface area contributed by atoms with Crippen LogP contribution in [0.5, 0.6) is 0 Å². The van der Waals surface area contributed by atoms with Crippen LogP contribution >= 0.6 is 0 Å². The molecular formula is C40H49N2O+. The van der Waals surface area contributed by atoms with Gasteiger partial charge in [-0.25, -0.2) is 0 Å². The summed E-state index contributed by atoms with van der Waals surface area (Å²) in [6, 6.07) is 32.2. The number of carbonyl (C=O) groups is 1. The minimum atomic E-state index is -0.109. The van der Waals surface area contributed by atoms with Gasteiger partial charge in [0.1, 0.15) is 5.78 Å². The number of nitrogens with zero attached hydrogens (tertiary/aromatic N) is 2. The quantitative estimate of drug-likeness (QED) is 0.206. The van der Waals surface area contributed by atoms with Crippen molar-refractivity contribution in [1.29, 1.82) is 0 Å². The van der Waals surface area contributed by atoms with Crippen LogP contribution in [0.15, 0.2) is 109 Å². The van der Waals surface area contributed by atoms with Gasteiger partial charge in [-0.1, -0.05) is 114 Å². The van der Waals surface area contributed by atoms with Gasteiger partial charge in [0, 0.05) is 60.5 Å². The first kappa shape index (κ1) is 33.3. The predicted molar refractivity (Wildman–Crippen MR) is 184 cm³/mol. The summed E-state index contributed by atoms with van der Waals surface area (Å²) in [5, 5.41) is 0. The number of ketones is 1.